The van der Waals surface area contributed by atoms with E-state index in [4.69, 9.17) is 4.74 Å². The molecule has 0 saturated carbocycles. The van der Waals surface area contributed by atoms with E-state index in [1.165, 1.54) is 38.9 Å². The average Bonchev–Trinajstić information content (AvgIpc) is 2.79. The molecule has 150 valence electrons. The van der Waals surface area contributed by atoms with Gasteiger partial charge >= 0.3 is 0 Å². The molecule has 0 aliphatic carbocycles. The van der Waals surface area contributed by atoms with Gasteiger partial charge in [-0.1, -0.05) is 109 Å². The lowest BCUT2D eigenvalue weighted by Crippen LogP contribution is -2.01. The third kappa shape index (κ3) is 4.31. The van der Waals surface area contributed by atoms with Crippen LogP contribution in [-0.4, -0.2) is 0 Å². The minimum Gasteiger partial charge on any atom is -0.488 e. The van der Waals surface area contributed by atoms with Crippen molar-refractivity contribution in [1.82, 2.24) is 0 Å². The van der Waals surface area contributed by atoms with Crippen molar-refractivity contribution >= 4 is 0 Å². The molecule has 0 aliphatic rings. The lowest BCUT2D eigenvalue weighted by molar-refractivity contribution is 0.308. The van der Waals surface area contributed by atoms with Crippen LogP contribution in [0.1, 0.15) is 29.2 Å². The summed E-state index contributed by atoms with van der Waals surface area (Å²) < 4.78 is 6.57. The van der Waals surface area contributed by atoms with Crippen molar-refractivity contribution in [2.45, 2.75) is 33.8 Å². The monoisotopic (exact) mass is 392 g/mol. The molecule has 4 aromatic carbocycles. The quantitative estimate of drug-likeness (QED) is 0.325. The Labute approximate surface area is 180 Å². The summed E-state index contributed by atoms with van der Waals surface area (Å²) in [4.78, 5) is 0. The van der Waals surface area contributed by atoms with Crippen molar-refractivity contribution in [3.05, 3.63) is 113 Å². The maximum Gasteiger partial charge on any atom is 0.135 e. The van der Waals surface area contributed by atoms with Crippen molar-refractivity contribution in [2.24, 2.45) is 0 Å². The molecule has 0 radical (unpaired) electrons. The molecule has 30 heavy (non-hydrogen) atoms. The highest BCUT2D eigenvalue weighted by Crippen LogP contribution is 2.42. The van der Waals surface area contributed by atoms with Gasteiger partial charge in [0.15, 0.2) is 0 Å². The normalized spacial score (nSPS) is 10.8. The van der Waals surface area contributed by atoms with E-state index in [2.05, 4.69) is 106 Å². The molecular weight excluding hydrogens is 364 g/mol. The van der Waals surface area contributed by atoms with Gasteiger partial charge in [0.05, 0.1) is 0 Å². The van der Waals surface area contributed by atoms with Gasteiger partial charge in [-0.15, -0.1) is 0 Å². The molecule has 0 N–H and O–H groups in total. The molecule has 0 spiro atoms. The predicted molar refractivity (Wildman–Crippen MR) is 127 cm³/mol. The summed E-state index contributed by atoms with van der Waals surface area (Å²) in [5.74, 6) is 0.964. The Morgan fingerprint density at radius 2 is 1.23 bits per heavy atom. The Morgan fingerprint density at radius 3 is 1.83 bits per heavy atom. The van der Waals surface area contributed by atoms with Gasteiger partial charge in [-0.25, -0.2) is 0 Å². The Bertz CT molecular complexity index is 1110. The van der Waals surface area contributed by atoms with E-state index >= 15 is 0 Å². The first-order valence-corrected chi connectivity index (χ1v) is 10.6. The fraction of sp³-hybridized carbons (Fsp3) is 0.172. The van der Waals surface area contributed by atoms with Gasteiger partial charge in [0, 0.05) is 11.1 Å². The van der Waals surface area contributed by atoms with Crippen LogP contribution in [0.4, 0.5) is 0 Å². The lowest BCUT2D eigenvalue weighted by Gasteiger charge is -2.20. The minimum absolute atomic E-state index is 0.547. The van der Waals surface area contributed by atoms with Crippen LogP contribution in [0.15, 0.2) is 91.0 Å². The highest BCUT2D eigenvalue weighted by molar-refractivity contribution is 5.84. The van der Waals surface area contributed by atoms with Gasteiger partial charge in [-0.2, -0.15) is 0 Å². The molecule has 0 bridgehead atoms. The molecule has 0 atom stereocenters. The molecule has 0 heterocycles. The Morgan fingerprint density at radius 1 is 0.633 bits per heavy atom. The van der Waals surface area contributed by atoms with Crippen molar-refractivity contribution < 1.29 is 4.74 Å². The van der Waals surface area contributed by atoms with Crippen LogP contribution in [0.3, 0.4) is 0 Å². The molecule has 0 saturated heterocycles. The average molecular weight is 393 g/mol. The summed E-state index contributed by atoms with van der Waals surface area (Å²) in [5, 5.41) is 0. The zero-order valence-corrected chi connectivity index (χ0v) is 18.0. The van der Waals surface area contributed by atoms with Crippen molar-refractivity contribution in [2.75, 3.05) is 0 Å². The Hall–Kier alpha value is -3.32. The van der Waals surface area contributed by atoms with E-state index in [0.29, 0.717) is 6.61 Å². The van der Waals surface area contributed by atoms with Gasteiger partial charge in [-0.3, -0.25) is 0 Å². The molecular formula is C29H28O. The first-order chi connectivity index (χ1) is 14.7. The molecule has 1 nitrogen and oxygen atoms in total. The maximum absolute atomic E-state index is 6.57. The Balaban J connectivity index is 1.88. The molecule has 0 unspecified atom stereocenters. The zero-order chi connectivity index (χ0) is 20.9. The molecule has 4 rings (SSSR count). The van der Waals surface area contributed by atoms with E-state index < -0.39 is 0 Å². The second-order valence-corrected chi connectivity index (χ2v) is 7.84. The highest BCUT2D eigenvalue weighted by atomic mass is 16.5. The molecule has 4 aromatic rings. The van der Waals surface area contributed by atoms with Gasteiger partial charge in [0.2, 0.25) is 0 Å². The van der Waals surface area contributed by atoms with Gasteiger partial charge in [0.1, 0.15) is 12.4 Å². The molecule has 0 aliphatic heterocycles. The van der Waals surface area contributed by atoms with Crippen LogP contribution in [0, 0.1) is 13.8 Å². The standard InChI is InChI=1S/C29H28O/c1-4-24-18-19-27(25-14-10-21(2)11-15-25)29(30-20-23-8-6-5-7-9-23)28(24)26-16-12-22(3)13-17-26/h5-19H,4,20H2,1-3H3. The number of rotatable bonds is 6. The van der Waals surface area contributed by atoms with Crippen molar-refractivity contribution in [1.29, 1.82) is 0 Å². The van der Waals surface area contributed by atoms with Crippen LogP contribution >= 0.6 is 0 Å². The molecule has 0 aromatic heterocycles. The molecule has 1 heteroatoms. The van der Waals surface area contributed by atoms with Gasteiger partial charge < -0.3 is 4.74 Å². The van der Waals surface area contributed by atoms with Gasteiger partial charge in [0.25, 0.3) is 0 Å². The summed E-state index contributed by atoms with van der Waals surface area (Å²) in [7, 11) is 0. The van der Waals surface area contributed by atoms with Crippen molar-refractivity contribution in [3.8, 4) is 28.0 Å². The Kier molecular flexibility index (Phi) is 5.99. The SMILES string of the molecule is CCc1ccc(-c2ccc(C)cc2)c(OCc2ccccc2)c1-c1ccc(C)cc1. The summed E-state index contributed by atoms with van der Waals surface area (Å²) >= 11 is 0. The van der Waals surface area contributed by atoms with E-state index in [-0.39, 0.29) is 0 Å². The first kappa shape index (κ1) is 20.0. The largest absolute Gasteiger partial charge is 0.488 e. The van der Waals surface area contributed by atoms with Gasteiger partial charge in [-0.05, 0) is 42.5 Å². The summed E-state index contributed by atoms with van der Waals surface area (Å²) in [6.07, 6.45) is 0.957. The van der Waals surface area contributed by atoms with Crippen LogP contribution in [0.2, 0.25) is 0 Å². The van der Waals surface area contributed by atoms with E-state index in [0.717, 1.165) is 17.7 Å². The lowest BCUT2D eigenvalue weighted by atomic mass is 9.91. The number of benzene rings is 4. The maximum atomic E-state index is 6.57. The topological polar surface area (TPSA) is 9.23 Å². The van der Waals surface area contributed by atoms with Crippen LogP contribution in [-0.2, 0) is 13.0 Å². The fourth-order valence-electron chi connectivity index (χ4n) is 3.79. The number of ether oxygens (including phenoxy) is 1. The summed E-state index contributed by atoms with van der Waals surface area (Å²) in [5.41, 5.74) is 9.72. The summed E-state index contributed by atoms with van der Waals surface area (Å²) in [6.45, 7) is 7.00. The number of aryl methyl sites for hydroxylation is 3. The van der Waals surface area contributed by atoms with Crippen LogP contribution < -0.4 is 4.74 Å². The second-order valence-electron chi connectivity index (χ2n) is 7.84. The van der Waals surface area contributed by atoms with E-state index in [1.54, 1.807) is 0 Å². The number of hydrogen-bond acceptors (Lipinski definition) is 1. The molecule has 0 amide bonds. The fourth-order valence-corrected chi connectivity index (χ4v) is 3.79. The second kappa shape index (κ2) is 9.00. The van der Waals surface area contributed by atoms with E-state index in [1.807, 2.05) is 6.07 Å². The molecule has 0 fully saturated rings. The van der Waals surface area contributed by atoms with E-state index in [9.17, 15) is 0 Å². The third-order valence-corrected chi connectivity index (χ3v) is 5.55. The predicted octanol–water partition coefficient (Wildman–Crippen LogP) is 7.78. The first-order valence-electron chi connectivity index (χ1n) is 10.6. The minimum atomic E-state index is 0.547. The third-order valence-electron chi connectivity index (χ3n) is 5.55. The van der Waals surface area contributed by atoms with Crippen molar-refractivity contribution in [3.63, 3.8) is 0 Å². The highest BCUT2D eigenvalue weighted by Gasteiger charge is 2.17. The smallest absolute Gasteiger partial charge is 0.135 e. The van der Waals surface area contributed by atoms with Crippen LogP contribution in [0.5, 0.6) is 5.75 Å². The zero-order valence-electron chi connectivity index (χ0n) is 18.0. The summed E-state index contributed by atoms with van der Waals surface area (Å²) in [6, 6.07) is 32.3. The number of hydrogen-bond donors (Lipinski definition) is 0. The van der Waals surface area contributed by atoms with Crippen LogP contribution in [0.25, 0.3) is 22.3 Å².